The molecule has 0 N–H and O–H groups in total. The van der Waals surface area contributed by atoms with Crippen molar-refractivity contribution in [1.29, 1.82) is 0 Å². The van der Waals surface area contributed by atoms with Crippen LogP contribution in [-0.4, -0.2) is 19.0 Å². The minimum absolute atomic E-state index is 0. The van der Waals surface area contributed by atoms with Crippen LogP contribution in [0, 0.1) is 33.8 Å². The van der Waals surface area contributed by atoms with Gasteiger partial charge in [0.05, 0.1) is 0 Å². The molecule has 50 heavy (non-hydrogen) atoms. The van der Waals surface area contributed by atoms with Crippen molar-refractivity contribution >= 4 is 23.5 Å². The predicted molar refractivity (Wildman–Crippen MR) is 211 cm³/mol. The van der Waals surface area contributed by atoms with E-state index in [9.17, 15) is 0 Å². The van der Waals surface area contributed by atoms with E-state index < -0.39 is 0 Å². The molecule has 4 aliphatic carbocycles. The summed E-state index contributed by atoms with van der Waals surface area (Å²) in [6.45, 7) is 37.9. The average Bonchev–Trinajstić information content (AvgIpc) is 3.62. The van der Waals surface area contributed by atoms with Crippen LogP contribution in [0.25, 0.3) is 0 Å². The first-order valence-corrected chi connectivity index (χ1v) is 19.2. The summed E-state index contributed by atoms with van der Waals surface area (Å²) in [4.78, 5) is 0. The van der Waals surface area contributed by atoms with Crippen LogP contribution in [0.2, 0.25) is 0 Å². The van der Waals surface area contributed by atoms with Crippen molar-refractivity contribution in [2.45, 2.75) is 155 Å². The SMILES string of the molecule is CC(C)(C)SC1(C(C)(C)C2=[C-]CC=C2)CC=CC=C1C(C)(C)C.CC(C)(C)SC1(C(C)(C)C2=[C-]CC=C2)CC=CC=C1C(C)(C)C.[Cl-].[Cl-].[Ti+2].[Ti+2]. The quantitative estimate of drug-likeness (QED) is 0.198. The second-order valence-electron chi connectivity index (χ2n) is 18.7. The smallest absolute Gasteiger partial charge is 1.00 e. The summed E-state index contributed by atoms with van der Waals surface area (Å²) in [5, 5.41) is 0. The van der Waals surface area contributed by atoms with E-state index in [0.29, 0.717) is 0 Å². The van der Waals surface area contributed by atoms with Gasteiger partial charge >= 0.3 is 43.4 Å². The standard InChI is InChI=1S/2C22H33S.2ClH.2Ti/c2*1-19(2,3)18-15-11-12-16-22(18,23-20(4,5)6)21(7,8)17-13-9-10-14-17;;;;/h2*9,11-13,15H,10,16H2,1-8H3;2*1H;;/q2*-1;;;2*+2/p-2. The number of hydrogen-bond donors (Lipinski definition) is 0. The number of rotatable bonds is 6. The van der Waals surface area contributed by atoms with Gasteiger partial charge in [-0.2, -0.15) is 12.2 Å². The van der Waals surface area contributed by atoms with Crippen molar-refractivity contribution in [3.05, 3.63) is 95.2 Å². The normalized spacial score (nSPS) is 23.5. The van der Waals surface area contributed by atoms with Crippen molar-refractivity contribution in [2.75, 3.05) is 0 Å². The van der Waals surface area contributed by atoms with E-state index in [-0.39, 0.29) is 109 Å². The molecule has 276 valence electrons. The van der Waals surface area contributed by atoms with Gasteiger partial charge in [-0.1, -0.05) is 147 Å². The Morgan fingerprint density at radius 2 is 0.800 bits per heavy atom. The molecule has 0 aromatic rings. The minimum Gasteiger partial charge on any atom is -1.00 e. The van der Waals surface area contributed by atoms with Crippen molar-refractivity contribution in [2.24, 2.45) is 21.7 Å². The predicted octanol–water partition coefficient (Wildman–Crippen LogP) is 7.81. The summed E-state index contributed by atoms with van der Waals surface area (Å²) in [6, 6.07) is 0. The molecule has 0 aliphatic heterocycles. The maximum Gasteiger partial charge on any atom is 2.00 e. The summed E-state index contributed by atoms with van der Waals surface area (Å²) in [5.41, 5.74) is 6.27. The Hall–Kier alpha value is 0.629. The molecule has 0 fully saturated rings. The molecule has 6 heteroatoms. The second-order valence-corrected chi connectivity index (χ2v) is 22.9. The van der Waals surface area contributed by atoms with Crippen LogP contribution in [0.5, 0.6) is 0 Å². The molecule has 0 spiro atoms. The molecule has 0 amide bonds. The Morgan fingerprint density at radius 3 is 1.02 bits per heavy atom. The van der Waals surface area contributed by atoms with Gasteiger partial charge in [0.25, 0.3) is 0 Å². The summed E-state index contributed by atoms with van der Waals surface area (Å²) >= 11 is 4.28. The Bertz CT molecular complexity index is 1270. The summed E-state index contributed by atoms with van der Waals surface area (Å²) in [5.74, 6) is 0. The minimum atomic E-state index is 0. The molecule has 0 heterocycles. The molecule has 4 aliphatic rings. The number of allylic oxidation sites excluding steroid dienone is 14. The maximum absolute atomic E-state index is 3.62. The molecule has 0 nitrogen and oxygen atoms in total. The zero-order valence-corrected chi connectivity index (χ0v) is 40.4. The summed E-state index contributed by atoms with van der Waals surface area (Å²) < 4.78 is 0.538. The van der Waals surface area contributed by atoms with E-state index in [1.54, 1.807) is 11.1 Å². The van der Waals surface area contributed by atoms with Gasteiger partial charge in [-0.3, -0.25) is 12.2 Å². The van der Waals surface area contributed by atoms with E-state index in [1.165, 1.54) is 11.1 Å². The number of thioether (sulfide) groups is 2. The fourth-order valence-electron chi connectivity index (χ4n) is 7.78. The first-order chi connectivity index (χ1) is 20.8. The molecule has 0 bridgehead atoms. The molecule has 2 unspecified atom stereocenters. The number of halogens is 2. The van der Waals surface area contributed by atoms with E-state index in [4.69, 9.17) is 0 Å². The van der Waals surface area contributed by atoms with Gasteiger partial charge in [0.15, 0.2) is 0 Å². The van der Waals surface area contributed by atoms with Crippen LogP contribution in [0.1, 0.15) is 136 Å². The van der Waals surface area contributed by atoms with E-state index in [2.05, 4.69) is 207 Å². The molecule has 0 saturated carbocycles. The van der Waals surface area contributed by atoms with Gasteiger partial charge in [-0.05, 0) is 45.6 Å². The van der Waals surface area contributed by atoms with Gasteiger partial charge < -0.3 is 24.8 Å². The Morgan fingerprint density at radius 1 is 0.500 bits per heavy atom. The molecule has 0 aromatic carbocycles. The summed E-state index contributed by atoms with van der Waals surface area (Å²) in [6.07, 6.45) is 34.4. The maximum atomic E-state index is 3.62. The van der Waals surface area contributed by atoms with Gasteiger partial charge in [-0.25, -0.2) is 23.3 Å². The molecular formula is C44H66Cl2S2Ti2. The third-order valence-electron chi connectivity index (χ3n) is 9.81. The van der Waals surface area contributed by atoms with Gasteiger partial charge in [0.2, 0.25) is 0 Å². The van der Waals surface area contributed by atoms with Crippen molar-refractivity contribution in [1.82, 2.24) is 0 Å². The fourth-order valence-corrected chi connectivity index (χ4v) is 11.9. The first kappa shape index (κ1) is 52.7. The Balaban J connectivity index is 0. The second kappa shape index (κ2) is 19.0. The third-order valence-corrected chi connectivity index (χ3v) is 13.5. The molecule has 2 atom stereocenters. The van der Waals surface area contributed by atoms with Gasteiger partial charge in [-0.15, -0.1) is 36.4 Å². The van der Waals surface area contributed by atoms with Crippen LogP contribution < -0.4 is 24.8 Å². The van der Waals surface area contributed by atoms with Crippen LogP contribution in [-0.2, 0) is 43.4 Å². The topological polar surface area (TPSA) is 0 Å². The van der Waals surface area contributed by atoms with Crippen LogP contribution >= 0.6 is 23.5 Å². The summed E-state index contributed by atoms with van der Waals surface area (Å²) in [7, 11) is 0. The number of hydrogen-bond acceptors (Lipinski definition) is 2. The largest absolute Gasteiger partial charge is 2.00 e. The zero-order valence-electron chi connectivity index (χ0n) is 34.2. The van der Waals surface area contributed by atoms with Crippen molar-refractivity contribution in [3.8, 4) is 0 Å². The average molecular weight is 826 g/mol. The Labute approximate surface area is 360 Å². The Kier molecular flexibility index (Phi) is 20.0. The van der Waals surface area contributed by atoms with Gasteiger partial charge in [0, 0.05) is 19.0 Å². The first-order valence-electron chi connectivity index (χ1n) is 17.5. The van der Waals surface area contributed by atoms with Gasteiger partial charge in [0.1, 0.15) is 0 Å². The monoisotopic (exact) mass is 824 g/mol. The fraction of sp³-hybridized carbons (Fsp3) is 0.636. The van der Waals surface area contributed by atoms with Crippen molar-refractivity contribution in [3.63, 3.8) is 0 Å². The van der Waals surface area contributed by atoms with Crippen molar-refractivity contribution < 1.29 is 68.2 Å². The van der Waals surface area contributed by atoms with E-state index in [1.807, 2.05) is 0 Å². The van der Waals surface area contributed by atoms with Crippen LogP contribution in [0.4, 0.5) is 0 Å². The van der Waals surface area contributed by atoms with Crippen LogP contribution in [0.3, 0.4) is 0 Å². The zero-order chi connectivity index (χ0) is 35.0. The van der Waals surface area contributed by atoms with Crippen LogP contribution in [0.15, 0.2) is 83.1 Å². The molecule has 0 saturated heterocycles. The molecule has 4 rings (SSSR count). The van der Waals surface area contributed by atoms with E-state index >= 15 is 0 Å². The third kappa shape index (κ3) is 11.8. The molecular weight excluding hydrogens is 759 g/mol. The molecule has 0 aromatic heterocycles. The van der Waals surface area contributed by atoms with E-state index in [0.717, 1.165) is 25.7 Å². The molecule has 0 radical (unpaired) electrons.